The number of hydrogen-bond acceptors (Lipinski definition) is 5. The summed E-state index contributed by atoms with van der Waals surface area (Å²) in [5.41, 5.74) is 2.56. The molecule has 0 unspecified atom stereocenters. The summed E-state index contributed by atoms with van der Waals surface area (Å²) in [7, 11) is -4.01. The smallest absolute Gasteiger partial charge is 0.263 e. The van der Waals surface area contributed by atoms with Crippen LogP contribution in [0.15, 0.2) is 35.4 Å². The first-order valence-corrected chi connectivity index (χ1v) is 7.61. The normalized spacial score (nSPS) is 11.2. The third-order valence-corrected chi connectivity index (χ3v) is 4.33. The summed E-state index contributed by atoms with van der Waals surface area (Å²) in [4.78, 5) is 3.57. The van der Waals surface area contributed by atoms with Crippen LogP contribution in [0.2, 0.25) is 5.02 Å². The summed E-state index contributed by atoms with van der Waals surface area (Å²) in [5, 5.41) is 0.0330. The Labute approximate surface area is 126 Å². The van der Waals surface area contributed by atoms with Crippen LogP contribution >= 0.6 is 11.6 Å². The van der Waals surface area contributed by atoms with Gasteiger partial charge in [-0.05, 0) is 24.6 Å². The summed E-state index contributed by atoms with van der Waals surface area (Å²) < 4.78 is 40.3. The van der Waals surface area contributed by atoms with E-state index in [2.05, 4.69) is 15.1 Å². The van der Waals surface area contributed by atoms with Crippen LogP contribution in [0.25, 0.3) is 0 Å². The van der Waals surface area contributed by atoms with Crippen molar-refractivity contribution < 1.29 is 12.8 Å². The van der Waals surface area contributed by atoms with Gasteiger partial charge >= 0.3 is 0 Å². The zero-order valence-electron chi connectivity index (χ0n) is 10.9. The zero-order valence-corrected chi connectivity index (χ0v) is 12.5. The molecule has 21 heavy (non-hydrogen) atoms. The van der Waals surface area contributed by atoms with E-state index in [1.54, 1.807) is 13.0 Å². The van der Waals surface area contributed by atoms with Gasteiger partial charge in [0.1, 0.15) is 10.7 Å². The lowest BCUT2D eigenvalue weighted by Gasteiger charge is -2.12. The number of anilines is 2. The van der Waals surface area contributed by atoms with Gasteiger partial charge in [-0.3, -0.25) is 4.72 Å². The van der Waals surface area contributed by atoms with Gasteiger partial charge in [0.15, 0.2) is 5.82 Å². The molecule has 0 aliphatic carbocycles. The minimum atomic E-state index is -4.01. The molecule has 9 heteroatoms. The van der Waals surface area contributed by atoms with E-state index in [1.165, 1.54) is 12.1 Å². The Morgan fingerprint density at radius 3 is 2.67 bits per heavy atom. The Balaban J connectivity index is 2.41. The third-order valence-electron chi connectivity index (χ3n) is 2.72. The molecule has 0 bridgehead atoms. The number of hydrazine groups is 1. The predicted molar refractivity (Wildman–Crippen MR) is 79.0 cm³/mol. The highest BCUT2D eigenvalue weighted by Crippen LogP contribution is 2.25. The van der Waals surface area contributed by atoms with Crippen molar-refractivity contribution >= 4 is 33.1 Å². The fraction of sp³-hybridized carbons (Fsp3) is 0.0833. The van der Waals surface area contributed by atoms with Crippen LogP contribution in [0.5, 0.6) is 0 Å². The molecule has 1 heterocycles. The number of nitrogens with zero attached hydrogens (tertiary/aromatic N) is 1. The summed E-state index contributed by atoms with van der Waals surface area (Å²) in [6.07, 6.45) is 1.07. The maximum Gasteiger partial charge on any atom is 0.263 e. The number of hydrogen-bond donors (Lipinski definition) is 3. The van der Waals surface area contributed by atoms with Crippen LogP contribution < -0.4 is 16.0 Å². The number of para-hydroxylation sites is 1. The standard InChI is InChI=1S/C12H12ClFN4O2S/c1-7-3-2-4-10(14)11(7)18-21(19,20)8-5-9(13)12(17-15)16-6-8/h2-6,18H,15H2,1H3,(H,16,17). The minimum Gasteiger partial charge on any atom is -0.307 e. The molecule has 0 saturated carbocycles. The van der Waals surface area contributed by atoms with E-state index in [0.29, 0.717) is 5.56 Å². The predicted octanol–water partition coefficient (Wildman–Crippen LogP) is 2.27. The number of sulfonamides is 1. The number of benzene rings is 1. The fourth-order valence-electron chi connectivity index (χ4n) is 1.63. The molecule has 0 aliphatic rings. The van der Waals surface area contributed by atoms with Gasteiger partial charge < -0.3 is 5.43 Å². The number of nitrogen functional groups attached to an aromatic ring is 1. The Morgan fingerprint density at radius 2 is 2.10 bits per heavy atom. The van der Waals surface area contributed by atoms with E-state index in [0.717, 1.165) is 12.3 Å². The van der Waals surface area contributed by atoms with Crippen LogP contribution in [-0.4, -0.2) is 13.4 Å². The second-order valence-corrected chi connectivity index (χ2v) is 6.27. The summed E-state index contributed by atoms with van der Waals surface area (Å²) >= 11 is 5.83. The van der Waals surface area contributed by atoms with E-state index in [1.807, 2.05) is 0 Å². The SMILES string of the molecule is Cc1cccc(F)c1NS(=O)(=O)c1cnc(NN)c(Cl)c1. The Hall–Kier alpha value is -1.90. The highest BCUT2D eigenvalue weighted by Gasteiger charge is 2.19. The number of aryl methyl sites for hydroxylation is 1. The third kappa shape index (κ3) is 3.23. The largest absolute Gasteiger partial charge is 0.307 e. The maximum atomic E-state index is 13.7. The van der Waals surface area contributed by atoms with E-state index in [-0.39, 0.29) is 21.4 Å². The number of nitrogens with two attached hydrogens (primary N) is 1. The van der Waals surface area contributed by atoms with Crippen molar-refractivity contribution in [3.63, 3.8) is 0 Å². The van der Waals surface area contributed by atoms with Crippen molar-refractivity contribution in [1.82, 2.24) is 4.98 Å². The van der Waals surface area contributed by atoms with Gasteiger partial charge in [0.2, 0.25) is 0 Å². The van der Waals surface area contributed by atoms with Gasteiger partial charge in [-0.1, -0.05) is 23.7 Å². The molecular weight excluding hydrogens is 319 g/mol. The monoisotopic (exact) mass is 330 g/mol. The first-order valence-electron chi connectivity index (χ1n) is 5.75. The molecule has 0 aliphatic heterocycles. The summed E-state index contributed by atoms with van der Waals surface area (Å²) in [5.74, 6) is 4.63. The molecular formula is C12H12ClFN4O2S. The van der Waals surface area contributed by atoms with Gasteiger partial charge in [0.25, 0.3) is 10.0 Å². The molecule has 0 atom stereocenters. The summed E-state index contributed by atoms with van der Waals surface area (Å²) in [6, 6.07) is 5.41. The van der Waals surface area contributed by atoms with Crippen LogP contribution in [0.4, 0.5) is 15.9 Å². The Bertz CT molecular complexity index is 763. The average Bonchev–Trinajstić information content (AvgIpc) is 2.43. The number of halogens is 2. The Kier molecular flexibility index (Phi) is 4.31. The van der Waals surface area contributed by atoms with Crippen molar-refractivity contribution in [3.8, 4) is 0 Å². The molecule has 0 amide bonds. The van der Waals surface area contributed by atoms with E-state index in [4.69, 9.17) is 17.4 Å². The van der Waals surface area contributed by atoms with Crippen molar-refractivity contribution in [3.05, 3.63) is 46.9 Å². The van der Waals surface area contributed by atoms with Gasteiger partial charge in [-0.2, -0.15) is 0 Å². The van der Waals surface area contributed by atoms with Crippen LogP contribution in [0, 0.1) is 12.7 Å². The quantitative estimate of drug-likeness (QED) is 0.590. The minimum absolute atomic E-state index is 0.0330. The van der Waals surface area contributed by atoms with Crippen LogP contribution in [0.1, 0.15) is 5.56 Å². The van der Waals surface area contributed by atoms with Crippen molar-refractivity contribution in [2.45, 2.75) is 11.8 Å². The van der Waals surface area contributed by atoms with Crippen molar-refractivity contribution in [2.24, 2.45) is 5.84 Å². The number of nitrogens with one attached hydrogen (secondary N) is 2. The van der Waals surface area contributed by atoms with Gasteiger partial charge in [0.05, 0.1) is 10.7 Å². The van der Waals surface area contributed by atoms with E-state index >= 15 is 0 Å². The molecule has 112 valence electrons. The lowest BCUT2D eigenvalue weighted by molar-refractivity contribution is 0.598. The van der Waals surface area contributed by atoms with Crippen LogP contribution in [0.3, 0.4) is 0 Å². The maximum absolute atomic E-state index is 13.7. The average molecular weight is 331 g/mol. The molecule has 0 saturated heterocycles. The first kappa shape index (κ1) is 15.5. The molecule has 2 aromatic rings. The second-order valence-electron chi connectivity index (χ2n) is 4.18. The molecule has 2 rings (SSSR count). The lowest BCUT2D eigenvalue weighted by Crippen LogP contribution is -2.16. The Morgan fingerprint density at radius 1 is 1.38 bits per heavy atom. The second kappa shape index (κ2) is 5.84. The molecule has 1 aromatic heterocycles. The molecule has 0 radical (unpaired) electrons. The topological polar surface area (TPSA) is 97.1 Å². The van der Waals surface area contributed by atoms with Gasteiger partial charge in [-0.25, -0.2) is 23.6 Å². The number of pyridine rings is 1. The van der Waals surface area contributed by atoms with Gasteiger partial charge in [-0.15, -0.1) is 0 Å². The lowest BCUT2D eigenvalue weighted by atomic mass is 10.2. The highest BCUT2D eigenvalue weighted by molar-refractivity contribution is 7.92. The van der Waals surface area contributed by atoms with Gasteiger partial charge in [0, 0.05) is 6.20 Å². The van der Waals surface area contributed by atoms with E-state index in [9.17, 15) is 12.8 Å². The van der Waals surface area contributed by atoms with Crippen LogP contribution in [-0.2, 0) is 10.0 Å². The number of rotatable bonds is 4. The van der Waals surface area contributed by atoms with E-state index < -0.39 is 15.8 Å². The summed E-state index contributed by atoms with van der Waals surface area (Å²) in [6.45, 7) is 1.59. The molecule has 4 N–H and O–H groups in total. The van der Waals surface area contributed by atoms with Crippen molar-refractivity contribution in [2.75, 3.05) is 10.1 Å². The fourth-order valence-corrected chi connectivity index (χ4v) is 3.02. The zero-order chi connectivity index (χ0) is 15.6. The molecule has 0 fully saturated rings. The number of aromatic nitrogens is 1. The molecule has 0 spiro atoms. The first-order chi connectivity index (χ1) is 9.85. The highest BCUT2D eigenvalue weighted by atomic mass is 35.5. The van der Waals surface area contributed by atoms with Crippen molar-refractivity contribution in [1.29, 1.82) is 0 Å². The molecule has 6 nitrogen and oxygen atoms in total. The molecule has 1 aromatic carbocycles.